The van der Waals surface area contributed by atoms with Crippen LogP contribution < -0.4 is 20.3 Å². The van der Waals surface area contributed by atoms with Crippen LogP contribution in [0.15, 0.2) is 24.3 Å². The highest BCUT2D eigenvalue weighted by molar-refractivity contribution is 5.90. The van der Waals surface area contributed by atoms with Crippen LogP contribution in [0, 0.1) is 35.0 Å². The van der Waals surface area contributed by atoms with Crippen LogP contribution in [0.1, 0.15) is 25.7 Å². The fourth-order valence-corrected chi connectivity index (χ4v) is 4.40. The van der Waals surface area contributed by atoms with Crippen LogP contribution in [0.2, 0.25) is 0 Å². The molecular formula is C25H28F5N5O. The molecule has 3 aromatic rings. The first-order chi connectivity index (χ1) is 17.3. The third-order valence-electron chi connectivity index (χ3n) is 6.31. The van der Waals surface area contributed by atoms with Crippen molar-refractivity contribution in [3.8, 4) is 5.75 Å². The molecule has 0 aliphatic heterocycles. The lowest BCUT2D eigenvalue weighted by Crippen LogP contribution is -2.33. The number of nitrogens with zero attached hydrogens (tertiary/aromatic N) is 3. The second kappa shape index (κ2) is 11.2. The first-order valence-corrected chi connectivity index (χ1v) is 11.8. The van der Waals surface area contributed by atoms with Crippen molar-refractivity contribution >= 4 is 22.7 Å². The Balaban J connectivity index is 1.22. The zero-order valence-electron chi connectivity index (χ0n) is 20.1. The monoisotopic (exact) mass is 509 g/mol. The summed E-state index contributed by atoms with van der Waals surface area (Å²) in [6, 6.07) is 8.13. The number of aromatic nitrogens is 2. The molecule has 1 aliphatic rings. The third-order valence-corrected chi connectivity index (χ3v) is 6.31. The number of rotatable bonds is 9. The van der Waals surface area contributed by atoms with E-state index in [2.05, 4.69) is 15.6 Å². The Morgan fingerprint density at radius 3 is 2.19 bits per heavy atom. The van der Waals surface area contributed by atoms with Crippen LogP contribution in [0.25, 0.3) is 10.9 Å². The highest BCUT2D eigenvalue weighted by Crippen LogP contribution is 2.30. The minimum absolute atomic E-state index is 0.204. The van der Waals surface area contributed by atoms with Gasteiger partial charge in [0.05, 0.1) is 5.52 Å². The van der Waals surface area contributed by atoms with Gasteiger partial charge in [-0.2, -0.15) is 13.8 Å². The quantitative estimate of drug-likeness (QED) is 0.183. The Morgan fingerprint density at radius 1 is 0.889 bits per heavy atom. The Kier molecular flexibility index (Phi) is 8.07. The van der Waals surface area contributed by atoms with Gasteiger partial charge in [0.1, 0.15) is 12.4 Å². The standard InChI is InChI=1S/C25H28F5N5O/c1-35(2)24-16-5-3-4-6-17(16)33-25(34-24)32-15-9-7-14(8-10-15)13-31-11-12-36-23-21(29)19(27)18(26)20(28)22(23)30/h3-6,14-15,31H,7-13H2,1-2H3,(H,32,33,34). The number of ether oxygens (including phenoxy) is 1. The average Bonchev–Trinajstić information content (AvgIpc) is 2.88. The summed E-state index contributed by atoms with van der Waals surface area (Å²) in [6.45, 7) is 0.628. The second-order valence-corrected chi connectivity index (χ2v) is 9.10. The van der Waals surface area contributed by atoms with E-state index in [9.17, 15) is 22.0 Å². The second-order valence-electron chi connectivity index (χ2n) is 9.10. The van der Waals surface area contributed by atoms with Gasteiger partial charge in [0.2, 0.25) is 35.0 Å². The Morgan fingerprint density at radius 2 is 1.53 bits per heavy atom. The average molecular weight is 510 g/mol. The van der Waals surface area contributed by atoms with E-state index in [0.29, 0.717) is 18.4 Å². The summed E-state index contributed by atoms with van der Waals surface area (Å²) in [5, 5.41) is 7.58. The molecule has 0 saturated heterocycles. The van der Waals surface area contributed by atoms with Crippen LogP contribution in [-0.4, -0.2) is 49.8 Å². The lowest BCUT2D eigenvalue weighted by molar-refractivity contribution is 0.254. The van der Waals surface area contributed by atoms with E-state index >= 15 is 0 Å². The highest BCUT2D eigenvalue weighted by atomic mass is 19.2. The van der Waals surface area contributed by atoms with E-state index in [1.165, 1.54) is 0 Å². The van der Waals surface area contributed by atoms with Crippen molar-refractivity contribution in [2.75, 3.05) is 44.0 Å². The molecule has 1 fully saturated rings. The summed E-state index contributed by atoms with van der Waals surface area (Å²) in [5.41, 5.74) is 0.879. The Labute approximate surface area is 205 Å². The predicted octanol–water partition coefficient (Wildman–Crippen LogP) is 5.03. The van der Waals surface area contributed by atoms with Crippen molar-refractivity contribution in [2.24, 2.45) is 5.92 Å². The van der Waals surface area contributed by atoms with E-state index in [-0.39, 0.29) is 19.2 Å². The molecule has 0 amide bonds. The molecule has 1 aromatic heterocycles. The van der Waals surface area contributed by atoms with Crippen LogP contribution in [0.4, 0.5) is 33.7 Å². The van der Waals surface area contributed by atoms with Crippen molar-refractivity contribution < 1.29 is 26.7 Å². The molecular weight excluding hydrogens is 481 g/mol. The SMILES string of the molecule is CN(C)c1nc(NC2CCC(CNCCOc3c(F)c(F)c(F)c(F)c3F)CC2)nc2ccccc12. The molecule has 1 saturated carbocycles. The van der Waals surface area contributed by atoms with Gasteiger partial charge in [0.15, 0.2) is 5.75 Å². The molecule has 0 radical (unpaired) electrons. The zero-order valence-corrected chi connectivity index (χ0v) is 20.1. The van der Waals surface area contributed by atoms with Gasteiger partial charge in [-0.3, -0.25) is 0 Å². The van der Waals surface area contributed by atoms with Gasteiger partial charge in [-0.15, -0.1) is 0 Å². The van der Waals surface area contributed by atoms with E-state index in [1.807, 2.05) is 43.3 Å². The van der Waals surface area contributed by atoms with Crippen LogP contribution in [0.3, 0.4) is 0 Å². The molecule has 4 rings (SSSR count). The minimum Gasteiger partial charge on any atom is -0.486 e. The maximum Gasteiger partial charge on any atom is 0.225 e. The molecule has 1 heterocycles. The molecule has 11 heteroatoms. The van der Waals surface area contributed by atoms with Crippen molar-refractivity contribution in [2.45, 2.75) is 31.7 Å². The van der Waals surface area contributed by atoms with E-state index < -0.39 is 34.8 Å². The largest absolute Gasteiger partial charge is 0.486 e. The van der Waals surface area contributed by atoms with Gasteiger partial charge in [0.25, 0.3) is 0 Å². The summed E-state index contributed by atoms with van der Waals surface area (Å²) < 4.78 is 71.7. The number of hydrogen-bond donors (Lipinski definition) is 2. The topological polar surface area (TPSA) is 62.3 Å². The van der Waals surface area contributed by atoms with Crippen molar-refractivity contribution in [1.82, 2.24) is 15.3 Å². The number of benzene rings is 2. The van der Waals surface area contributed by atoms with Crippen LogP contribution in [-0.2, 0) is 0 Å². The highest BCUT2D eigenvalue weighted by Gasteiger charge is 2.27. The fraction of sp³-hybridized carbons (Fsp3) is 0.440. The fourth-order valence-electron chi connectivity index (χ4n) is 4.40. The summed E-state index contributed by atoms with van der Waals surface area (Å²) in [4.78, 5) is 11.3. The maximum absolute atomic E-state index is 13.7. The number of anilines is 2. The van der Waals surface area contributed by atoms with Crippen molar-refractivity contribution in [3.63, 3.8) is 0 Å². The zero-order chi connectivity index (χ0) is 25.8. The smallest absolute Gasteiger partial charge is 0.225 e. The molecule has 0 unspecified atom stereocenters. The first-order valence-electron chi connectivity index (χ1n) is 11.8. The first kappa shape index (κ1) is 25.9. The predicted molar refractivity (Wildman–Crippen MR) is 128 cm³/mol. The van der Waals surface area contributed by atoms with Crippen molar-refractivity contribution in [1.29, 1.82) is 0 Å². The maximum atomic E-state index is 13.7. The van der Waals surface area contributed by atoms with Gasteiger partial charge in [0, 0.05) is 32.1 Å². The number of fused-ring (bicyclic) bond motifs is 1. The molecule has 6 nitrogen and oxygen atoms in total. The van der Waals surface area contributed by atoms with Gasteiger partial charge >= 0.3 is 0 Å². The van der Waals surface area contributed by atoms with E-state index in [1.54, 1.807) is 0 Å². The molecule has 2 N–H and O–H groups in total. The van der Waals surface area contributed by atoms with Gasteiger partial charge in [-0.25, -0.2) is 18.2 Å². The summed E-state index contributed by atoms with van der Waals surface area (Å²) in [7, 11) is 3.90. The number of nitrogens with one attached hydrogen (secondary N) is 2. The lowest BCUT2D eigenvalue weighted by Gasteiger charge is -2.29. The Bertz CT molecular complexity index is 1190. The summed E-state index contributed by atoms with van der Waals surface area (Å²) >= 11 is 0. The molecule has 0 spiro atoms. The summed E-state index contributed by atoms with van der Waals surface area (Å²) in [5.74, 6) is -9.58. The van der Waals surface area contributed by atoms with Gasteiger partial charge in [-0.05, 0) is 50.3 Å². The molecule has 2 aromatic carbocycles. The van der Waals surface area contributed by atoms with Crippen LogP contribution in [0.5, 0.6) is 5.75 Å². The lowest BCUT2D eigenvalue weighted by atomic mass is 9.86. The molecule has 0 atom stereocenters. The number of halogens is 5. The molecule has 194 valence electrons. The molecule has 1 aliphatic carbocycles. The third kappa shape index (κ3) is 5.61. The van der Waals surface area contributed by atoms with Crippen molar-refractivity contribution in [3.05, 3.63) is 53.4 Å². The molecule has 36 heavy (non-hydrogen) atoms. The summed E-state index contributed by atoms with van der Waals surface area (Å²) in [6.07, 6.45) is 3.77. The number of para-hydroxylation sites is 1. The van der Waals surface area contributed by atoms with Crippen LogP contribution >= 0.6 is 0 Å². The normalized spacial score (nSPS) is 17.9. The molecule has 0 bridgehead atoms. The minimum atomic E-state index is -2.20. The van der Waals surface area contributed by atoms with Gasteiger partial charge in [-0.1, -0.05) is 12.1 Å². The number of hydrogen-bond acceptors (Lipinski definition) is 6. The van der Waals surface area contributed by atoms with Gasteiger partial charge < -0.3 is 20.3 Å². The Hall–Kier alpha value is -3.21. The van der Waals surface area contributed by atoms with E-state index in [4.69, 9.17) is 9.72 Å². The van der Waals surface area contributed by atoms with E-state index in [0.717, 1.165) is 42.4 Å².